The van der Waals surface area contributed by atoms with Crippen LogP contribution in [0.5, 0.6) is 0 Å². The Balaban J connectivity index is 2.49. The molecule has 19 heavy (non-hydrogen) atoms. The fourth-order valence-corrected chi connectivity index (χ4v) is 3.42. The highest BCUT2D eigenvalue weighted by molar-refractivity contribution is 7.89. The van der Waals surface area contributed by atoms with Gasteiger partial charge in [-0.2, -0.15) is 0 Å². The van der Waals surface area contributed by atoms with Gasteiger partial charge in [0, 0.05) is 25.6 Å². The Hall–Kier alpha value is -1.43. The van der Waals surface area contributed by atoms with Crippen molar-refractivity contribution in [1.82, 2.24) is 4.31 Å². The van der Waals surface area contributed by atoms with Crippen LogP contribution in [0.15, 0.2) is 47.4 Å². The molecular weight excluding hydrogens is 262 g/mol. The van der Waals surface area contributed by atoms with E-state index in [4.69, 9.17) is 5.11 Å². The fourth-order valence-electron chi connectivity index (χ4n) is 2.00. The molecule has 4 nitrogen and oxygen atoms in total. The van der Waals surface area contributed by atoms with E-state index in [1.54, 1.807) is 12.1 Å². The third-order valence-corrected chi connectivity index (χ3v) is 4.98. The second kappa shape index (κ2) is 5.69. The molecule has 0 aliphatic heterocycles. The molecule has 0 aliphatic carbocycles. The smallest absolute Gasteiger partial charge is 0.243 e. The minimum atomic E-state index is -3.52. The molecule has 5 heteroatoms. The summed E-state index contributed by atoms with van der Waals surface area (Å²) in [5, 5.41) is 10.4. The first-order chi connectivity index (χ1) is 9.07. The quantitative estimate of drug-likeness (QED) is 0.908. The molecule has 2 aromatic carbocycles. The zero-order valence-electron chi connectivity index (χ0n) is 10.8. The molecule has 0 radical (unpaired) electrons. The van der Waals surface area contributed by atoms with Crippen LogP contribution in [0.25, 0.3) is 10.8 Å². The number of hydrogen-bond acceptors (Lipinski definition) is 3. The summed E-state index contributed by atoms with van der Waals surface area (Å²) in [7, 11) is -1.98. The van der Waals surface area contributed by atoms with Gasteiger partial charge in [-0.05, 0) is 17.9 Å². The lowest BCUT2D eigenvalue weighted by Gasteiger charge is -2.17. The summed E-state index contributed by atoms with van der Waals surface area (Å²) < 4.78 is 26.3. The van der Waals surface area contributed by atoms with Crippen LogP contribution in [-0.4, -0.2) is 38.0 Å². The predicted octanol–water partition coefficient (Wildman–Crippen LogP) is 1.84. The Morgan fingerprint density at radius 2 is 1.79 bits per heavy atom. The van der Waals surface area contributed by atoms with Crippen molar-refractivity contribution in [3.8, 4) is 0 Å². The van der Waals surface area contributed by atoms with Crippen LogP contribution in [0.2, 0.25) is 0 Å². The highest BCUT2D eigenvalue weighted by Crippen LogP contribution is 2.24. The lowest BCUT2D eigenvalue weighted by molar-refractivity contribution is 0.275. The summed E-state index contributed by atoms with van der Waals surface area (Å²) in [4.78, 5) is 0.311. The maximum Gasteiger partial charge on any atom is 0.243 e. The minimum absolute atomic E-state index is 0.0185. The van der Waals surface area contributed by atoms with Crippen LogP contribution in [0.3, 0.4) is 0 Å². The molecule has 0 atom stereocenters. The maximum atomic E-state index is 12.5. The normalized spacial score (nSPS) is 12.2. The number of aliphatic hydroxyl groups excluding tert-OH is 1. The van der Waals surface area contributed by atoms with Gasteiger partial charge in [-0.15, -0.1) is 0 Å². The summed E-state index contributed by atoms with van der Waals surface area (Å²) in [6.07, 6.45) is 0.431. The molecule has 102 valence electrons. The van der Waals surface area contributed by atoms with Gasteiger partial charge < -0.3 is 5.11 Å². The van der Waals surface area contributed by atoms with Crippen molar-refractivity contribution in [1.29, 1.82) is 0 Å². The fraction of sp³-hybridized carbons (Fsp3) is 0.286. The number of rotatable bonds is 5. The Morgan fingerprint density at radius 1 is 1.11 bits per heavy atom. The highest BCUT2D eigenvalue weighted by Gasteiger charge is 2.22. The van der Waals surface area contributed by atoms with E-state index in [1.807, 2.05) is 30.3 Å². The third-order valence-electron chi connectivity index (χ3n) is 3.07. The second-order valence-corrected chi connectivity index (χ2v) is 6.39. The number of nitrogens with zero attached hydrogens (tertiary/aromatic N) is 1. The van der Waals surface area contributed by atoms with Gasteiger partial charge in [0.2, 0.25) is 10.0 Å². The number of fused-ring (bicyclic) bond motifs is 1. The van der Waals surface area contributed by atoms with Crippen LogP contribution >= 0.6 is 0 Å². The van der Waals surface area contributed by atoms with Gasteiger partial charge in [0.25, 0.3) is 0 Å². The lowest BCUT2D eigenvalue weighted by Crippen LogP contribution is -2.28. The van der Waals surface area contributed by atoms with E-state index in [-0.39, 0.29) is 6.61 Å². The molecule has 0 spiro atoms. The summed E-state index contributed by atoms with van der Waals surface area (Å²) in [5.74, 6) is 0. The molecule has 0 unspecified atom stereocenters. The first-order valence-electron chi connectivity index (χ1n) is 6.12. The van der Waals surface area contributed by atoms with E-state index >= 15 is 0 Å². The van der Waals surface area contributed by atoms with Gasteiger partial charge in [-0.25, -0.2) is 12.7 Å². The SMILES string of the molecule is CN(CCCO)S(=O)(=O)c1cccc2ccccc12. The van der Waals surface area contributed by atoms with Crippen molar-refractivity contribution in [2.75, 3.05) is 20.2 Å². The molecule has 1 N–H and O–H groups in total. The molecule has 0 aliphatic rings. The summed E-state index contributed by atoms with van der Waals surface area (Å²) in [6, 6.07) is 12.7. The lowest BCUT2D eigenvalue weighted by atomic mass is 10.1. The first kappa shape index (κ1) is 14.0. The van der Waals surface area contributed by atoms with E-state index in [2.05, 4.69) is 0 Å². The average Bonchev–Trinajstić information content (AvgIpc) is 2.43. The minimum Gasteiger partial charge on any atom is -0.396 e. The van der Waals surface area contributed by atoms with Crippen LogP contribution in [0.1, 0.15) is 6.42 Å². The van der Waals surface area contributed by atoms with E-state index < -0.39 is 10.0 Å². The van der Waals surface area contributed by atoms with Crippen molar-refractivity contribution in [2.45, 2.75) is 11.3 Å². The number of hydrogen-bond donors (Lipinski definition) is 1. The molecule has 0 saturated carbocycles. The average molecular weight is 279 g/mol. The van der Waals surface area contributed by atoms with Gasteiger partial charge in [0.1, 0.15) is 0 Å². The van der Waals surface area contributed by atoms with Gasteiger partial charge in [0.15, 0.2) is 0 Å². The van der Waals surface area contributed by atoms with E-state index in [0.717, 1.165) is 10.8 Å². The van der Waals surface area contributed by atoms with E-state index in [0.29, 0.717) is 17.9 Å². The molecule has 2 aromatic rings. The largest absolute Gasteiger partial charge is 0.396 e. The van der Waals surface area contributed by atoms with Crippen molar-refractivity contribution < 1.29 is 13.5 Å². The number of sulfonamides is 1. The Bertz CT molecular complexity index is 662. The van der Waals surface area contributed by atoms with Crippen molar-refractivity contribution in [2.24, 2.45) is 0 Å². The van der Waals surface area contributed by atoms with Crippen LogP contribution in [-0.2, 0) is 10.0 Å². The Labute approximate surface area is 113 Å². The zero-order chi connectivity index (χ0) is 13.9. The molecule has 2 rings (SSSR count). The standard InChI is InChI=1S/C14H17NO3S/c1-15(10-5-11-16)19(17,18)14-9-4-7-12-6-2-3-8-13(12)14/h2-4,6-9,16H,5,10-11H2,1H3. The summed E-state index contributed by atoms with van der Waals surface area (Å²) in [5.41, 5.74) is 0. The monoisotopic (exact) mass is 279 g/mol. The van der Waals surface area contributed by atoms with Gasteiger partial charge in [0.05, 0.1) is 4.90 Å². The van der Waals surface area contributed by atoms with Gasteiger partial charge in [-0.1, -0.05) is 36.4 Å². The molecule has 0 heterocycles. The maximum absolute atomic E-state index is 12.5. The molecule has 0 bridgehead atoms. The number of benzene rings is 2. The van der Waals surface area contributed by atoms with Crippen molar-refractivity contribution >= 4 is 20.8 Å². The zero-order valence-corrected chi connectivity index (χ0v) is 11.6. The second-order valence-electron chi connectivity index (χ2n) is 4.38. The first-order valence-corrected chi connectivity index (χ1v) is 7.56. The van der Waals surface area contributed by atoms with Crippen LogP contribution in [0, 0.1) is 0 Å². The topological polar surface area (TPSA) is 57.6 Å². The predicted molar refractivity (Wildman–Crippen MR) is 75.5 cm³/mol. The van der Waals surface area contributed by atoms with Crippen LogP contribution in [0.4, 0.5) is 0 Å². The van der Waals surface area contributed by atoms with E-state index in [1.165, 1.54) is 11.4 Å². The molecule has 0 fully saturated rings. The Kier molecular flexibility index (Phi) is 4.19. The number of aliphatic hydroxyl groups is 1. The van der Waals surface area contributed by atoms with Crippen molar-refractivity contribution in [3.63, 3.8) is 0 Å². The van der Waals surface area contributed by atoms with Gasteiger partial charge in [-0.3, -0.25) is 0 Å². The van der Waals surface area contributed by atoms with Crippen molar-refractivity contribution in [3.05, 3.63) is 42.5 Å². The highest BCUT2D eigenvalue weighted by atomic mass is 32.2. The summed E-state index contributed by atoms with van der Waals surface area (Å²) in [6.45, 7) is 0.289. The van der Waals surface area contributed by atoms with Gasteiger partial charge >= 0.3 is 0 Å². The molecule has 0 aromatic heterocycles. The van der Waals surface area contributed by atoms with E-state index in [9.17, 15) is 8.42 Å². The molecular formula is C14H17NO3S. The Morgan fingerprint density at radius 3 is 2.53 bits per heavy atom. The third kappa shape index (κ3) is 2.78. The molecule has 0 saturated heterocycles. The summed E-state index contributed by atoms with van der Waals surface area (Å²) >= 11 is 0. The molecule has 0 amide bonds. The van der Waals surface area contributed by atoms with Crippen LogP contribution < -0.4 is 0 Å².